The predicted molar refractivity (Wildman–Crippen MR) is 71.8 cm³/mol. The van der Waals surface area contributed by atoms with Crippen LogP contribution < -0.4 is 10.6 Å². The molecule has 0 bridgehead atoms. The zero-order chi connectivity index (χ0) is 14.1. The number of rotatable bonds is 1. The highest BCUT2D eigenvalue weighted by Crippen LogP contribution is 2.34. The third-order valence-corrected chi connectivity index (χ3v) is 3.78. The number of piperazine rings is 1. The lowest BCUT2D eigenvalue weighted by Gasteiger charge is -2.33. The lowest BCUT2D eigenvalue weighted by Crippen LogP contribution is -2.48. The number of hydrogen-bond donors (Lipinski definition) is 2. The number of carbonyl (C=O) groups is 2. The highest BCUT2D eigenvalue weighted by Gasteiger charge is 2.33. The van der Waals surface area contributed by atoms with Gasteiger partial charge in [0.05, 0.1) is 5.92 Å². The first-order valence-corrected chi connectivity index (χ1v) is 6.74. The fraction of sp³-hybridized carbons (Fsp3) is 0.429. The lowest BCUT2D eigenvalue weighted by atomic mass is 9.89. The summed E-state index contributed by atoms with van der Waals surface area (Å²) in [6, 6.07) is 4.19. The Balaban J connectivity index is 1.90. The molecule has 1 aromatic carbocycles. The Labute approximate surface area is 116 Å². The Kier molecular flexibility index (Phi) is 3.40. The number of nitrogens with one attached hydrogen (secondary N) is 2. The molecule has 1 saturated heterocycles. The molecule has 2 heterocycles. The van der Waals surface area contributed by atoms with Crippen LogP contribution in [0.1, 0.15) is 17.9 Å². The minimum Gasteiger partial charge on any atom is -0.340 e. The van der Waals surface area contributed by atoms with Gasteiger partial charge in [0.1, 0.15) is 5.82 Å². The summed E-state index contributed by atoms with van der Waals surface area (Å²) in [5.41, 5.74) is 1.12. The average Bonchev–Trinajstić information content (AvgIpc) is 2.46. The third-order valence-electron chi connectivity index (χ3n) is 3.78. The predicted octanol–water partition coefficient (Wildman–Crippen LogP) is 0.683. The lowest BCUT2D eigenvalue weighted by molar-refractivity contribution is -0.135. The number of anilines is 1. The minimum atomic E-state index is -0.502. The highest BCUT2D eigenvalue weighted by atomic mass is 19.1. The topological polar surface area (TPSA) is 61.4 Å². The number of benzene rings is 1. The summed E-state index contributed by atoms with van der Waals surface area (Å²) in [4.78, 5) is 26.1. The van der Waals surface area contributed by atoms with Crippen LogP contribution >= 0.6 is 0 Å². The molecule has 2 aliphatic rings. The molecule has 1 aromatic rings. The summed E-state index contributed by atoms with van der Waals surface area (Å²) < 4.78 is 13.2. The van der Waals surface area contributed by atoms with Crippen molar-refractivity contribution in [2.75, 3.05) is 31.5 Å². The van der Waals surface area contributed by atoms with Gasteiger partial charge in [-0.15, -0.1) is 0 Å². The van der Waals surface area contributed by atoms with Crippen molar-refractivity contribution in [3.63, 3.8) is 0 Å². The van der Waals surface area contributed by atoms with Crippen molar-refractivity contribution in [1.29, 1.82) is 0 Å². The van der Waals surface area contributed by atoms with E-state index >= 15 is 0 Å². The standard InChI is InChI=1S/C14H16FN3O2/c15-9-1-2-10-11(8-13(19)17-12(10)7-9)14(20)18-5-3-16-4-6-18/h1-2,7,11,16H,3-6,8H2,(H,17,19). The maximum atomic E-state index is 13.2. The molecule has 0 spiro atoms. The Morgan fingerprint density at radius 1 is 1.30 bits per heavy atom. The normalized spacial score (nSPS) is 22.1. The van der Waals surface area contributed by atoms with Crippen LogP contribution in [-0.2, 0) is 9.59 Å². The second-order valence-electron chi connectivity index (χ2n) is 5.11. The molecule has 1 unspecified atom stereocenters. The SMILES string of the molecule is O=C1CC(C(=O)N2CCNCC2)c2ccc(F)cc2N1. The van der Waals surface area contributed by atoms with E-state index in [1.165, 1.54) is 12.1 Å². The Bertz CT molecular complexity index is 555. The van der Waals surface area contributed by atoms with Gasteiger partial charge >= 0.3 is 0 Å². The van der Waals surface area contributed by atoms with Gasteiger partial charge in [0, 0.05) is 38.3 Å². The van der Waals surface area contributed by atoms with E-state index in [9.17, 15) is 14.0 Å². The van der Waals surface area contributed by atoms with E-state index in [4.69, 9.17) is 0 Å². The molecule has 2 N–H and O–H groups in total. The van der Waals surface area contributed by atoms with Crippen LogP contribution in [0.4, 0.5) is 10.1 Å². The molecular formula is C14H16FN3O2. The van der Waals surface area contributed by atoms with Gasteiger partial charge in [0.15, 0.2) is 0 Å². The van der Waals surface area contributed by atoms with E-state index in [2.05, 4.69) is 10.6 Å². The Morgan fingerprint density at radius 3 is 2.80 bits per heavy atom. The van der Waals surface area contributed by atoms with Crippen LogP contribution in [0.25, 0.3) is 0 Å². The van der Waals surface area contributed by atoms with Gasteiger partial charge < -0.3 is 15.5 Å². The fourth-order valence-electron chi connectivity index (χ4n) is 2.76. The van der Waals surface area contributed by atoms with Crippen molar-refractivity contribution in [2.45, 2.75) is 12.3 Å². The van der Waals surface area contributed by atoms with Crippen LogP contribution in [0.15, 0.2) is 18.2 Å². The minimum absolute atomic E-state index is 0.0470. The average molecular weight is 277 g/mol. The Morgan fingerprint density at radius 2 is 2.05 bits per heavy atom. The molecule has 20 heavy (non-hydrogen) atoms. The molecule has 0 aromatic heterocycles. The van der Waals surface area contributed by atoms with Gasteiger partial charge in [-0.3, -0.25) is 9.59 Å². The van der Waals surface area contributed by atoms with E-state index < -0.39 is 11.7 Å². The van der Waals surface area contributed by atoms with Crippen LogP contribution in [0.5, 0.6) is 0 Å². The maximum Gasteiger partial charge on any atom is 0.230 e. The molecule has 106 valence electrons. The molecule has 1 fully saturated rings. The molecule has 0 saturated carbocycles. The molecule has 3 rings (SSSR count). The molecule has 1 atom stereocenters. The molecule has 0 aliphatic carbocycles. The summed E-state index contributed by atoms with van der Waals surface area (Å²) in [5.74, 6) is -1.21. The van der Waals surface area contributed by atoms with Crippen molar-refractivity contribution >= 4 is 17.5 Å². The maximum absolute atomic E-state index is 13.2. The first-order valence-electron chi connectivity index (χ1n) is 6.74. The van der Waals surface area contributed by atoms with E-state index in [1.54, 1.807) is 11.0 Å². The molecule has 5 nitrogen and oxygen atoms in total. The van der Waals surface area contributed by atoms with Gasteiger partial charge in [-0.2, -0.15) is 0 Å². The van der Waals surface area contributed by atoms with Gasteiger partial charge in [-0.25, -0.2) is 4.39 Å². The van der Waals surface area contributed by atoms with Crippen LogP contribution in [-0.4, -0.2) is 42.9 Å². The monoisotopic (exact) mass is 277 g/mol. The fourth-order valence-corrected chi connectivity index (χ4v) is 2.76. The number of halogens is 1. The van der Waals surface area contributed by atoms with Crippen molar-refractivity contribution in [2.24, 2.45) is 0 Å². The molecule has 0 radical (unpaired) electrons. The van der Waals surface area contributed by atoms with E-state index in [0.29, 0.717) is 24.3 Å². The third kappa shape index (κ3) is 2.38. The van der Waals surface area contributed by atoms with Gasteiger partial charge in [-0.05, 0) is 17.7 Å². The summed E-state index contributed by atoms with van der Waals surface area (Å²) in [6.45, 7) is 2.82. The second-order valence-corrected chi connectivity index (χ2v) is 5.11. The second kappa shape index (κ2) is 5.20. The zero-order valence-electron chi connectivity index (χ0n) is 11.0. The van der Waals surface area contributed by atoms with Gasteiger partial charge in [-0.1, -0.05) is 6.07 Å². The van der Waals surface area contributed by atoms with Crippen LogP contribution in [0.2, 0.25) is 0 Å². The first-order chi connectivity index (χ1) is 9.65. The van der Waals surface area contributed by atoms with Gasteiger partial charge in [0.25, 0.3) is 0 Å². The van der Waals surface area contributed by atoms with E-state index in [0.717, 1.165) is 13.1 Å². The van der Waals surface area contributed by atoms with Crippen molar-refractivity contribution in [1.82, 2.24) is 10.2 Å². The molecular weight excluding hydrogens is 261 g/mol. The summed E-state index contributed by atoms with van der Waals surface area (Å²) >= 11 is 0. The summed E-state index contributed by atoms with van der Waals surface area (Å²) in [5, 5.41) is 5.81. The summed E-state index contributed by atoms with van der Waals surface area (Å²) in [7, 11) is 0. The number of nitrogens with zero attached hydrogens (tertiary/aromatic N) is 1. The van der Waals surface area contributed by atoms with Crippen molar-refractivity contribution < 1.29 is 14.0 Å². The summed E-state index contributed by atoms with van der Waals surface area (Å²) in [6.07, 6.45) is 0.126. The highest BCUT2D eigenvalue weighted by molar-refractivity contribution is 6.01. The number of hydrogen-bond acceptors (Lipinski definition) is 3. The molecule has 2 amide bonds. The van der Waals surface area contributed by atoms with E-state index in [-0.39, 0.29) is 18.2 Å². The molecule has 6 heteroatoms. The molecule has 2 aliphatic heterocycles. The van der Waals surface area contributed by atoms with Crippen molar-refractivity contribution in [3.05, 3.63) is 29.6 Å². The number of amides is 2. The smallest absolute Gasteiger partial charge is 0.230 e. The van der Waals surface area contributed by atoms with Crippen LogP contribution in [0, 0.1) is 5.82 Å². The first kappa shape index (κ1) is 13.1. The van der Waals surface area contributed by atoms with Crippen LogP contribution in [0.3, 0.4) is 0 Å². The zero-order valence-corrected chi connectivity index (χ0v) is 11.0. The van der Waals surface area contributed by atoms with Crippen molar-refractivity contribution in [3.8, 4) is 0 Å². The van der Waals surface area contributed by atoms with Gasteiger partial charge in [0.2, 0.25) is 11.8 Å². The number of fused-ring (bicyclic) bond motifs is 1. The quantitative estimate of drug-likeness (QED) is 0.793. The number of carbonyl (C=O) groups excluding carboxylic acids is 2. The van der Waals surface area contributed by atoms with E-state index in [1.807, 2.05) is 0 Å². The largest absolute Gasteiger partial charge is 0.340 e. The Hall–Kier alpha value is -1.95.